The molecule has 0 saturated carbocycles. The lowest BCUT2D eigenvalue weighted by atomic mass is 10.0. The van der Waals surface area contributed by atoms with Crippen molar-refractivity contribution in [1.29, 1.82) is 0 Å². The molecule has 1 saturated heterocycles. The third-order valence-corrected chi connectivity index (χ3v) is 7.86. The summed E-state index contributed by atoms with van der Waals surface area (Å²) < 4.78 is 8.30. The lowest BCUT2D eigenvalue weighted by molar-refractivity contribution is 0.0835. The van der Waals surface area contributed by atoms with Gasteiger partial charge in [-0.05, 0) is 49.6 Å². The highest BCUT2D eigenvalue weighted by atomic mass is 32.1. The SMILES string of the molecule is CCCCOC(=O)N1CCC(NC(=O)c2ccc3c(c2)sc2nc(-c4ccc(C(=O)NC)cc4)cn23)CC1. The molecule has 9 nitrogen and oxygen atoms in total. The predicted molar refractivity (Wildman–Crippen MR) is 148 cm³/mol. The standard InChI is InChI=1S/C28H31N5O4S/c1-3-4-15-37-28(36)32-13-11-21(12-14-32)30-26(35)20-9-10-23-24(16-20)38-27-31-22(17-33(23)27)18-5-7-19(8-6-18)25(34)29-2/h5-10,16-17,21H,3-4,11-15H2,1-2H3,(H,29,34)(H,30,35). The number of hydrogen-bond donors (Lipinski definition) is 2. The second-order valence-corrected chi connectivity index (χ2v) is 10.4. The molecule has 0 atom stereocenters. The quantitative estimate of drug-likeness (QED) is 0.335. The van der Waals surface area contributed by atoms with Crippen LogP contribution in [0.3, 0.4) is 0 Å². The van der Waals surface area contributed by atoms with Crippen LogP contribution >= 0.6 is 11.3 Å². The van der Waals surface area contributed by atoms with Crippen molar-refractivity contribution in [3.8, 4) is 11.3 Å². The van der Waals surface area contributed by atoms with Gasteiger partial charge in [0.15, 0.2) is 4.96 Å². The molecule has 2 aromatic heterocycles. The molecule has 0 unspecified atom stereocenters. The number of imidazole rings is 1. The second kappa shape index (κ2) is 11.2. The van der Waals surface area contributed by atoms with Crippen LogP contribution in [0.15, 0.2) is 48.7 Å². The van der Waals surface area contributed by atoms with Crippen LogP contribution in [-0.4, -0.2) is 65.0 Å². The number of fused-ring (bicyclic) bond motifs is 3. The molecule has 38 heavy (non-hydrogen) atoms. The third-order valence-electron chi connectivity index (χ3n) is 6.84. The molecule has 3 amide bonds. The zero-order valence-corrected chi connectivity index (χ0v) is 22.3. The Hall–Kier alpha value is -3.92. The van der Waals surface area contributed by atoms with E-state index in [1.54, 1.807) is 24.1 Å². The zero-order chi connectivity index (χ0) is 26.6. The Bertz CT molecular complexity index is 1470. The number of nitrogens with one attached hydrogen (secondary N) is 2. The summed E-state index contributed by atoms with van der Waals surface area (Å²) in [5.74, 6) is -0.236. The van der Waals surface area contributed by atoms with Gasteiger partial charge in [-0.1, -0.05) is 36.8 Å². The van der Waals surface area contributed by atoms with Crippen molar-refractivity contribution in [2.45, 2.75) is 38.6 Å². The number of thiazole rings is 1. The molecule has 2 aromatic carbocycles. The zero-order valence-electron chi connectivity index (χ0n) is 21.5. The average molecular weight is 534 g/mol. The van der Waals surface area contributed by atoms with Gasteiger partial charge in [-0.15, -0.1) is 0 Å². The Balaban J connectivity index is 1.23. The highest BCUT2D eigenvalue weighted by Gasteiger charge is 2.25. The molecule has 198 valence electrons. The lowest BCUT2D eigenvalue weighted by Gasteiger charge is -2.31. The summed E-state index contributed by atoms with van der Waals surface area (Å²) >= 11 is 1.53. The van der Waals surface area contributed by atoms with Crippen molar-refractivity contribution in [1.82, 2.24) is 24.9 Å². The number of carbonyl (C=O) groups excluding carboxylic acids is 3. The van der Waals surface area contributed by atoms with Gasteiger partial charge in [0.25, 0.3) is 11.8 Å². The summed E-state index contributed by atoms with van der Waals surface area (Å²) in [7, 11) is 1.61. The number of unbranched alkanes of at least 4 members (excludes halogenated alkanes) is 1. The predicted octanol–water partition coefficient (Wildman–Crippen LogP) is 4.71. The fourth-order valence-electron chi connectivity index (χ4n) is 4.59. The van der Waals surface area contributed by atoms with Crippen LogP contribution < -0.4 is 10.6 Å². The second-order valence-electron chi connectivity index (χ2n) is 9.42. The fourth-order valence-corrected chi connectivity index (χ4v) is 5.64. The van der Waals surface area contributed by atoms with E-state index in [0.717, 1.165) is 39.3 Å². The van der Waals surface area contributed by atoms with Crippen molar-refractivity contribution in [3.63, 3.8) is 0 Å². The van der Waals surface area contributed by atoms with E-state index in [-0.39, 0.29) is 23.9 Å². The Morgan fingerprint density at radius 3 is 2.50 bits per heavy atom. The Morgan fingerprint density at radius 1 is 1.05 bits per heavy atom. The normalized spacial score (nSPS) is 14.1. The van der Waals surface area contributed by atoms with Gasteiger partial charge in [0.2, 0.25) is 0 Å². The Morgan fingerprint density at radius 2 is 1.79 bits per heavy atom. The maximum atomic E-state index is 13.0. The van der Waals surface area contributed by atoms with E-state index in [1.165, 1.54) is 11.3 Å². The number of rotatable bonds is 7. The fraction of sp³-hybridized carbons (Fsp3) is 0.357. The van der Waals surface area contributed by atoms with Gasteiger partial charge < -0.3 is 20.3 Å². The minimum atomic E-state index is -0.263. The molecule has 1 aliphatic rings. The smallest absolute Gasteiger partial charge is 0.409 e. The van der Waals surface area contributed by atoms with Gasteiger partial charge in [-0.3, -0.25) is 14.0 Å². The van der Waals surface area contributed by atoms with Gasteiger partial charge in [0.05, 0.1) is 22.5 Å². The molecule has 3 heterocycles. The van der Waals surface area contributed by atoms with Crippen LogP contribution in [-0.2, 0) is 4.74 Å². The number of benzene rings is 2. The van der Waals surface area contributed by atoms with Crippen LogP contribution in [0.1, 0.15) is 53.3 Å². The first kappa shape index (κ1) is 25.7. The van der Waals surface area contributed by atoms with Gasteiger partial charge in [0.1, 0.15) is 0 Å². The molecule has 0 aliphatic carbocycles. The number of amides is 3. The first-order valence-corrected chi connectivity index (χ1v) is 13.7. The molecule has 10 heteroatoms. The van der Waals surface area contributed by atoms with Gasteiger partial charge >= 0.3 is 6.09 Å². The number of aromatic nitrogens is 2. The van der Waals surface area contributed by atoms with Gasteiger partial charge in [-0.2, -0.15) is 0 Å². The van der Waals surface area contributed by atoms with Crippen LogP contribution in [0.4, 0.5) is 4.79 Å². The first-order valence-electron chi connectivity index (χ1n) is 12.9. The Labute approximate surface area is 224 Å². The van der Waals surface area contributed by atoms with Crippen molar-refractivity contribution in [2.24, 2.45) is 0 Å². The van der Waals surface area contributed by atoms with E-state index in [4.69, 9.17) is 9.72 Å². The van der Waals surface area contributed by atoms with Crippen LogP contribution in [0.25, 0.3) is 26.4 Å². The largest absolute Gasteiger partial charge is 0.449 e. The van der Waals surface area contributed by atoms with E-state index in [2.05, 4.69) is 17.6 Å². The topological polar surface area (TPSA) is 105 Å². The number of carbonyl (C=O) groups is 3. The summed E-state index contributed by atoms with van der Waals surface area (Å²) in [4.78, 5) is 44.2. The van der Waals surface area contributed by atoms with Crippen LogP contribution in [0.2, 0.25) is 0 Å². The maximum Gasteiger partial charge on any atom is 0.409 e. The molecule has 1 fully saturated rings. The van der Waals surface area contributed by atoms with Crippen LogP contribution in [0.5, 0.6) is 0 Å². The van der Waals surface area contributed by atoms with Crippen molar-refractivity contribution >= 4 is 44.4 Å². The van der Waals surface area contributed by atoms with Gasteiger partial charge in [-0.25, -0.2) is 9.78 Å². The molecule has 0 spiro atoms. The molecule has 0 bridgehead atoms. The monoisotopic (exact) mass is 533 g/mol. The molecular formula is C28H31N5O4S. The maximum absolute atomic E-state index is 13.0. The third kappa shape index (κ3) is 5.35. The first-order chi connectivity index (χ1) is 18.5. The molecule has 5 rings (SSSR count). The van der Waals surface area contributed by atoms with Crippen molar-refractivity contribution < 1.29 is 19.1 Å². The summed E-state index contributed by atoms with van der Waals surface area (Å²) in [5, 5.41) is 5.74. The highest BCUT2D eigenvalue weighted by molar-refractivity contribution is 7.23. The lowest BCUT2D eigenvalue weighted by Crippen LogP contribution is -2.46. The van der Waals surface area contributed by atoms with E-state index >= 15 is 0 Å². The van der Waals surface area contributed by atoms with E-state index in [1.807, 2.05) is 40.9 Å². The minimum Gasteiger partial charge on any atom is -0.449 e. The summed E-state index contributed by atoms with van der Waals surface area (Å²) in [6.07, 6.45) is 4.98. The number of piperidine rings is 1. The van der Waals surface area contributed by atoms with Gasteiger partial charge in [0, 0.05) is 49.1 Å². The Kier molecular flexibility index (Phi) is 7.59. The molecular weight excluding hydrogens is 502 g/mol. The summed E-state index contributed by atoms with van der Waals surface area (Å²) in [6.45, 7) is 3.67. The van der Waals surface area contributed by atoms with Crippen molar-refractivity contribution in [2.75, 3.05) is 26.7 Å². The highest BCUT2D eigenvalue weighted by Crippen LogP contribution is 2.30. The molecule has 2 N–H and O–H groups in total. The van der Waals surface area contributed by atoms with E-state index < -0.39 is 0 Å². The summed E-state index contributed by atoms with van der Waals surface area (Å²) in [5.41, 5.74) is 3.94. The minimum absolute atomic E-state index is 0.0240. The number of nitrogens with zero attached hydrogens (tertiary/aromatic N) is 3. The van der Waals surface area contributed by atoms with E-state index in [0.29, 0.717) is 43.7 Å². The number of hydrogen-bond acceptors (Lipinski definition) is 6. The molecule has 4 aromatic rings. The van der Waals surface area contributed by atoms with E-state index in [9.17, 15) is 14.4 Å². The van der Waals surface area contributed by atoms with Crippen molar-refractivity contribution in [3.05, 3.63) is 59.8 Å². The molecule has 1 aliphatic heterocycles. The number of ether oxygens (including phenoxy) is 1. The van der Waals surface area contributed by atoms with Crippen LogP contribution in [0, 0.1) is 0 Å². The number of likely N-dealkylation sites (tertiary alicyclic amines) is 1. The summed E-state index contributed by atoms with van der Waals surface area (Å²) in [6, 6.07) is 13.1. The molecule has 0 radical (unpaired) electrons. The average Bonchev–Trinajstić information content (AvgIpc) is 3.51.